The molecule has 13 heteroatoms. The van der Waals surface area contributed by atoms with Crippen molar-refractivity contribution in [3.63, 3.8) is 0 Å². The summed E-state index contributed by atoms with van der Waals surface area (Å²) in [7, 11) is -3.62. The van der Waals surface area contributed by atoms with Gasteiger partial charge < -0.3 is 20.3 Å². The van der Waals surface area contributed by atoms with E-state index in [9.17, 15) is 18.0 Å². The normalized spacial score (nSPS) is 11.4. The first-order valence-electron chi connectivity index (χ1n) is 11.2. The number of nitrogens with zero attached hydrogens (tertiary/aromatic N) is 2. The van der Waals surface area contributed by atoms with E-state index in [-0.39, 0.29) is 52.7 Å². The van der Waals surface area contributed by atoms with Crippen LogP contribution in [0.4, 0.5) is 11.5 Å². The molecule has 0 aliphatic rings. The van der Waals surface area contributed by atoms with Crippen LogP contribution in [-0.2, 0) is 27.7 Å². The molecule has 7 N–H and O–H groups in total. The van der Waals surface area contributed by atoms with E-state index in [4.69, 9.17) is 16.9 Å². The molecule has 0 fully saturated rings. The van der Waals surface area contributed by atoms with E-state index in [0.29, 0.717) is 11.1 Å². The van der Waals surface area contributed by atoms with E-state index in [1.54, 1.807) is 61.0 Å². The Morgan fingerprint density at radius 1 is 1.19 bits per heavy atom. The Labute approximate surface area is 228 Å². The van der Waals surface area contributed by atoms with Crippen LogP contribution in [0.1, 0.15) is 25.0 Å². The Hall–Kier alpha value is -3.46. The smallest absolute Gasteiger partial charge is 0.294 e. The Kier molecular flexibility index (Phi) is 8.91. The van der Waals surface area contributed by atoms with E-state index < -0.39 is 21.3 Å². The summed E-state index contributed by atoms with van der Waals surface area (Å²) < 4.78 is 29.6. The Balaban J connectivity index is 1.94. The maximum absolute atomic E-state index is 13.1. The highest BCUT2D eigenvalue weighted by Crippen LogP contribution is 2.27. The SMILES string of the molecule is CC(C)CS(=O)(=O)c1cc(N)cc(-c2cnc(NI)c(=O)n2CC(=O)NCc2ccc(C(=N)N)cc2)c1. The molecule has 0 unspecified atom stereocenters. The zero-order valence-electron chi connectivity index (χ0n) is 20.3. The lowest BCUT2D eigenvalue weighted by molar-refractivity contribution is -0.121. The number of amides is 1. The third-order valence-corrected chi connectivity index (χ3v) is 7.91. The van der Waals surface area contributed by atoms with Gasteiger partial charge in [0, 0.05) is 23.4 Å². The van der Waals surface area contributed by atoms with E-state index in [1.165, 1.54) is 29.0 Å². The van der Waals surface area contributed by atoms with Crippen molar-refractivity contribution in [1.82, 2.24) is 14.9 Å². The molecule has 0 atom stereocenters. The summed E-state index contributed by atoms with van der Waals surface area (Å²) in [5.41, 5.74) is 13.1. The second-order valence-corrected chi connectivity index (χ2v) is 11.4. The number of sulfone groups is 1. The van der Waals surface area contributed by atoms with E-state index in [2.05, 4.69) is 13.8 Å². The first-order valence-corrected chi connectivity index (χ1v) is 13.9. The van der Waals surface area contributed by atoms with Gasteiger partial charge in [-0.05, 0) is 29.7 Å². The number of nitrogens with two attached hydrogens (primary N) is 2. The standard InChI is InChI=1S/C24H28IN7O4S/c1-14(2)13-37(35,36)19-8-17(7-18(26)9-19)20-11-30-23(31-25)24(34)32(20)12-21(33)29-10-15-3-5-16(6-4-15)22(27)28/h3-9,11,14H,10,12-13,26H2,1-2H3,(H3,27,28)(H,29,33)(H,30,31). The summed E-state index contributed by atoms with van der Waals surface area (Å²) in [5.74, 6) is -0.628. The molecule has 1 heterocycles. The predicted molar refractivity (Wildman–Crippen MR) is 152 cm³/mol. The van der Waals surface area contributed by atoms with E-state index in [1.807, 2.05) is 0 Å². The molecule has 196 valence electrons. The maximum Gasteiger partial charge on any atom is 0.294 e. The van der Waals surface area contributed by atoms with Crippen LogP contribution >= 0.6 is 22.9 Å². The van der Waals surface area contributed by atoms with Gasteiger partial charge in [0.1, 0.15) is 12.4 Å². The molecule has 0 saturated heterocycles. The first-order chi connectivity index (χ1) is 17.4. The molecular weight excluding hydrogens is 609 g/mol. The summed E-state index contributed by atoms with van der Waals surface area (Å²) in [6, 6.07) is 11.2. The van der Waals surface area contributed by atoms with Crippen molar-refractivity contribution >= 4 is 55.9 Å². The van der Waals surface area contributed by atoms with Crippen LogP contribution in [0.15, 0.2) is 58.4 Å². The van der Waals surface area contributed by atoms with Crippen LogP contribution in [0.25, 0.3) is 11.3 Å². The highest BCUT2D eigenvalue weighted by atomic mass is 127. The van der Waals surface area contributed by atoms with Gasteiger partial charge in [0.2, 0.25) is 11.7 Å². The number of hydrogen-bond donors (Lipinski definition) is 5. The fourth-order valence-electron chi connectivity index (χ4n) is 3.63. The minimum absolute atomic E-state index is 0.0218. The highest BCUT2D eigenvalue weighted by Gasteiger charge is 2.20. The highest BCUT2D eigenvalue weighted by molar-refractivity contribution is 14.1. The average molecular weight is 638 g/mol. The number of nitrogens with one attached hydrogen (secondary N) is 3. The largest absolute Gasteiger partial charge is 0.399 e. The Bertz CT molecular complexity index is 1490. The van der Waals surface area contributed by atoms with Crippen LogP contribution in [0.5, 0.6) is 0 Å². The van der Waals surface area contributed by atoms with Crippen LogP contribution in [0.3, 0.4) is 0 Å². The number of carbonyl (C=O) groups is 1. The van der Waals surface area contributed by atoms with Gasteiger partial charge in [-0.15, -0.1) is 0 Å². The number of carbonyl (C=O) groups excluding carboxylic acids is 1. The van der Waals surface area contributed by atoms with Gasteiger partial charge in [0.15, 0.2) is 9.84 Å². The number of aromatic nitrogens is 2. The second kappa shape index (κ2) is 11.7. The molecule has 1 amide bonds. The number of rotatable bonds is 10. The number of hydrogen-bond acceptors (Lipinski definition) is 8. The van der Waals surface area contributed by atoms with Crippen LogP contribution in [0, 0.1) is 11.3 Å². The van der Waals surface area contributed by atoms with Gasteiger partial charge in [0.25, 0.3) is 5.56 Å². The summed E-state index contributed by atoms with van der Waals surface area (Å²) >= 11 is 1.77. The molecule has 2 aromatic carbocycles. The molecule has 37 heavy (non-hydrogen) atoms. The van der Waals surface area contributed by atoms with Crippen LogP contribution in [-0.4, -0.2) is 35.5 Å². The van der Waals surface area contributed by atoms with Crippen molar-refractivity contribution < 1.29 is 13.2 Å². The third kappa shape index (κ3) is 7.07. The summed E-state index contributed by atoms with van der Waals surface area (Å²) in [5, 5.41) is 10.2. The lowest BCUT2D eigenvalue weighted by Crippen LogP contribution is -2.33. The molecule has 3 rings (SSSR count). The van der Waals surface area contributed by atoms with Crippen molar-refractivity contribution in [2.75, 3.05) is 15.0 Å². The van der Waals surface area contributed by atoms with Crippen molar-refractivity contribution in [2.45, 2.75) is 31.8 Å². The maximum atomic E-state index is 13.1. The first kappa shape index (κ1) is 28.1. The molecule has 0 radical (unpaired) electrons. The van der Waals surface area contributed by atoms with Crippen molar-refractivity contribution in [1.29, 1.82) is 5.41 Å². The van der Waals surface area contributed by atoms with Gasteiger partial charge >= 0.3 is 0 Å². The van der Waals surface area contributed by atoms with Crippen LogP contribution < -0.4 is 25.9 Å². The van der Waals surface area contributed by atoms with Gasteiger partial charge in [0.05, 0.1) is 45.4 Å². The Morgan fingerprint density at radius 3 is 2.46 bits per heavy atom. The zero-order chi connectivity index (χ0) is 27.3. The van der Waals surface area contributed by atoms with Crippen molar-refractivity contribution in [3.8, 4) is 11.3 Å². The van der Waals surface area contributed by atoms with Crippen molar-refractivity contribution in [3.05, 3.63) is 70.1 Å². The molecule has 11 nitrogen and oxygen atoms in total. The lowest BCUT2D eigenvalue weighted by Gasteiger charge is -2.16. The predicted octanol–water partition coefficient (Wildman–Crippen LogP) is 2.28. The Morgan fingerprint density at radius 2 is 1.86 bits per heavy atom. The molecule has 0 bridgehead atoms. The van der Waals surface area contributed by atoms with Crippen LogP contribution in [0.2, 0.25) is 0 Å². The van der Waals surface area contributed by atoms with E-state index >= 15 is 0 Å². The molecule has 0 aliphatic carbocycles. The summed E-state index contributed by atoms with van der Waals surface area (Å²) in [6.45, 7) is 3.46. The monoisotopic (exact) mass is 637 g/mol. The topological polar surface area (TPSA) is 186 Å². The molecule has 0 spiro atoms. The van der Waals surface area contributed by atoms with Gasteiger partial charge in [-0.25, -0.2) is 13.4 Å². The fraction of sp³-hybridized carbons (Fsp3) is 0.250. The summed E-state index contributed by atoms with van der Waals surface area (Å²) in [6.07, 6.45) is 1.39. The zero-order valence-corrected chi connectivity index (χ0v) is 23.3. The minimum Gasteiger partial charge on any atom is -0.399 e. The second-order valence-electron chi connectivity index (χ2n) is 8.83. The third-order valence-electron chi connectivity index (χ3n) is 5.34. The van der Waals surface area contributed by atoms with E-state index in [0.717, 1.165) is 5.56 Å². The number of nitrogen functional groups attached to an aromatic ring is 2. The average Bonchev–Trinajstić information content (AvgIpc) is 2.83. The number of anilines is 2. The van der Waals surface area contributed by atoms with Gasteiger partial charge in [-0.1, -0.05) is 38.1 Å². The molecule has 0 saturated carbocycles. The minimum atomic E-state index is -3.62. The molecule has 3 aromatic rings. The van der Waals surface area contributed by atoms with Gasteiger partial charge in [-0.2, -0.15) is 0 Å². The van der Waals surface area contributed by atoms with Gasteiger partial charge in [-0.3, -0.25) is 19.6 Å². The summed E-state index contributed by atoms with van der Waals surface area (Å²) in [4.78, 5) is 30.1. The number of halogens is 1. The number of amidine groups is 1. The lowest BCUT2D eigenvalue weighted by atomic mass is 10.1. The molecule has 0 aliphatic heterocycles. The number of benzene rings is 2. The molecule has 1 aromatic heterocycles. The quantitative estimate of drug-likeness (QED) is 0.0737. The molecular formula is C24H28IN7O4S. The van der Waals surface area contributed by atoms with Crippen molar-refractivity contribution in [2.24, 2.45) is 11.7 Å². The fourth-order valence-corrected chi connectivity index (χ4v) is 5.69.